The first-order chi connectivity index (χ1) is 16.9. The fourth-order valence-electron chi connectivity index (χ4n) is 5.00. The normalized spacial score (nSPS) is 16.6. The molecule has 7 heteroatoms. The van der Waals surface area contributed by atoms with E-state index >= 15 is 0 Å². The molecule has 1 aromatic heterocycles. The Morgan fingerprint density at radius 1 is 1.06 bits per heavy atom. The molecule has 36 heavy (non-hydrogen) atoms. The summed E-state index contributed by atoms with van der Waals surface area (Å²) in [6, 6.07) is 13.6. The molecule has 3 aromatic rings. The molecule has 1 atom stereocenters. The number of aromatic nitrogens is 2. The molecule has 2 aliphatic heterocycles. The predicted octanol–water partition coefficient (Wildman–Crippen LogP) is 5.19. The molecule has 2 aromatic carbocycles. The number of benzene rings is 2. The van der Waals surface area contributed by atoms with E-state index in [1.165, 1.54) is 24.3 Å². The van der Waals surface area contributed by atoms with Crippen molar-refractivity contribution >= 4 is 23.2 Å². The number of aryl methyl sites for hydroxylation is 2. The number of nitrogens with zero attached hydrogens (tertiary/aromatic N) is 4. The van der Waals surface area contributed by atoms with E-state index in [1.54, 1.807) is 6.20 Å². The fraction of sp³-hybridized carbons (Fsp3) is 0.379. The molecule has 1 amide bonds. The number of ketones is 1. The van der Waals surface area contributed by atoms with E-state index in [0.717, 1.165) is 54.3 Å². The van der Waals surface area contributed by atoms with Gasteiger partial charge in [-0.25, -0.2) is 14.4 Å². The van der Waals surface area contributed by atoms with Crippen LogP contribution in [0.2, 0.25) is 0 Å². The zero-order valence-corrected chi connectivity index (χ0v) is 20.1. The van der Waals surface area contributed by atoms with Gasteiger partial charge in [-0.1, -0.05) is 31.7 Å². The van der Waals surface area contributed by atoms with Gasteiger partial charge in [0.05, 0.1) is 6.20 Å². The predicted molar refractivity (Wildman–Crippen MR) is 140 cm³/mol. The molecule has 2 aliphatic rings. The Labute approximate surface area is 212 Å². The maximum atomic E-state index is 13.1. The van der Waals surface area contributed by atoms with Gasteiger partial charge in [0.25, 0.3) is 0 Å². The van der Waals surface area contributed by atoms with Crippen molar-refractivity contribution in [2.24, 2.45) is 0 Å². The monoisotopic (exact) mass is 488 g/mol. The molecule has 0 radical (unpaired) electrons. The van der Waals surface area contributed by atoms with Crippen molar-refractivity contribution in [1.82, 2.24) is 9.97 Å². The molecule has 6 nitrogen and oxygen atoms in total. The molecule has 0 saturated carbocycles. The third kappa shape index (κ3) is 5.01. The summed E-state index contributed by atoms with van der Waals surface area (Å²) in [4.78, 5) is 38.9. The first-order valence-corrected chi connectivity index (χ1v) is 12.2. The minimum absolute atomic E-state index is 0. The summed E-state index contributed by atoms with van der Waals surface area (Å²) in [6.45, 7) is 4.90. The van der Waals surface area contributed by atoms with Crippen molar-refractivity contribution in [3.05, 3.63) is 83.1 Å². The number of anilines is 2. The number of amides is 1. The standard InChI is InChI=1S/C28H29FN4O2.CH4/c1-18(2)33-24-17-30-26(31-27(24)32-15-3-4-23(32)28(33)35)14-9-19-5-7-20(8-6-19)16-25(34)21-10-12-22(29)13-11-21;/h5-8,10-13,17-18,23H,3-4,9,14-16H2,1-2H3;1H4/t23-;/m1./s1. The molecule has 5 rings (SSSR count). The number of halogens is 1. The largest absolute Gasteiger partial charge is 0.343 e. The molecule has 0 bridgehead atoms. The van der Waals surface area contributed by atoms with Gasteiger partial charge in [-0.3, -0.25) is 9.59 Å². The van der Waals surface area contributed by atoms with E-state index in [9.17, 15) is 14.0 Å². The third-order valence-electron chi connectivity index (χ3n) is 6.81. The van der Waals surface area contributed by atoms with Gasteiger partial charge in [0.2, 0.25) is 5.91 Å². The molecule has 0 spiro atoms. The molecule has 1 saturated heterocycles. The molecule has 3 heterocycles. The van der Waals surface area contributed by atoms with E-state index in [4.69, 9.17) is 4.98 Å². The van der Waals surface area contributed by atoms with Crippen LogP contribution in [0.1, 0.15) is 61.4 Å². The maximum absolute atomic E-state index is 13.1. The number of Topliss-reactive ketones (excluding diaryl/α,β-unsaturated/α-hetero) is 1. The first kappa shape index (κ1) is 25.5. The lowest BCUT2D eigenvalue weighted by Gasteiger charge is -2.40. The molecule has 0 aliphatic carbocycles. The van der Waals surface area contributed by atoms with Crippen LogP contribution in [0.5, 0.6) is 0 Å². The summed E-state index contributed by atoms with van der Waals surface area (Å²) in [5.74, 6) is 1.41. The van der Waals surface area contributed by atoms with Gasteiger partial charge in [-0.2, -0.15) is 0 Å². The molecular weight excluding hydrogens is 455 g/mol. The second-order valence-electron chi connectivity index (χ2n) is 9.57. The van der Waals surface area contributed by atoms with E-state index in [1.807, 2.05) is 43.0 Å². The lowest BCUT2D eigenvalue weighted by molar-refractivity contribution is -0.120. The van der Waals surface area contributed by atoms with Crippen LogP contribution in [0.25, 0.3) is 0 Å². The van der Waals surface area contributed by atoms with Gasteiger partial charge >= 0.3 is 0 Å². The Kier molecular flexibility index (Phi) is 7.48. The van der Waals surface area contributed by atoms with Crippen LogP contribution in [0.3, 0.4) is 0 Å². The number of hydrogen-bond donors (Lipinski definition) is 0. The van der Waals surface area contributed by atoms with Crippen LogP contribution < -0.4 is 9.80 Å². The summed E-state index contributed by atoms with van der Waals surface area (Å²) in [7, 11) is 0. The maximum Gasteiger partial charge on any atom is 0.250 e. The summed E-state index contributed by atoms with van der Waals surface area (Å²) in [5, 5.41) is 0. The third-order valence-corrected chi connectivity index (χ3v) is 6.81. The number of fused-ring (bicyclic) bond motifs is 3. The van der Waals surface area contributed by atoms with Gasteiger partial charge in [-0.15, -0.1) is 0 Å². The minimum Gasteiger partial charge on any atom is -0.343 e. The Bertz CT molecular complexity index is 1240. The van der Waals surface area contributed by atoms with Crippen molar-refractivity contribution in [1.29, 1.82) is 0 Å². The number of hydrogen-bond acceptors (Lipinski definition) is 5. The smallest absolute Gasteiger partial charge is 0.250 e. The number of rotatable bonds is 7. The second kappa shape index (κ2) is 10.6. The molecular formula is C29H33FN4O2. The van der Waals surface area contributed by atoms with Crippen LogP contribution >= 0.6 is 0 Å². The summed E-state index contributed by atoms with van der Waals surface area (Å²) < 4.78 is 13.1. The summed E-state index contributed by atoms with van der Waals surface area (Å²) in [6.07, 6.45) is 5.42. The van der Waals surface area contributed by atoms with Gasteiger partial charge in [-0.05, 0) is 68.5 Å². The van der Waals surface area contributed by atoms with Crippen LogP contribution in [-0.2, 0) is 24.1 Å². The Balaban J connectivity index is 0.00000304. The second-order valence-corrected chi connectivity index (χ2v) is 9.57. The van der Waals surface area contributed by atoms with E-state index < -0.39 is 0 Å². The quantitative estimate of drug-likeness (QED) is 0.429. The van der Waals surface area contributed by atoms with Crippen molar-refractivity contribution in [3.63, 3.8) is 0 Å². The van der Waals surface area contributed by atoms with Crippen molar-refractivity contribution in [2.45, 2.75) is 65.5 Å². The number of carbonyl (C=O) groups excluding carboxylic acids is 2. The van der Waals surface area contributed by atoms with Crippen LogP contribution in [-0.4, -0.2) is 40.3 Å². The Hall–Kier alpha value is -3.61. The highest BCUT2D eigenvalue weighted by molar-refractivity contribution is 6.05. The summed E-state index contributed by atoms with van der Waals surface area (Å²) in [5.41, 5.74) is 3.38. The highest BCUT2D eigenvalue weighted by atomic mass is 19.1. The minimum atomic E-state index is -0.347. The highest BCUT2D eigenvalue weighted by Crippen LogP contribution is 2.39. The van der Waals surface area contributed by atoms with E-state index in [-0.39, 0.29) is 43.4 Å². The van der Waals surface area contributed by atoms with Crippen LogP contribution in [0.15, 0.2) is 54.7 Å². The zero-order chi connectivity index (χ0) is 24.5. The van der Waals surface area contributed by atoms with Gasteiger partial charge in [0.15, 0.2) is 11.6 Å². The lowest BCUT2D eigenvalue weighted by atomic mass is 10.0. The Morgan fingerprint density at radius 2 is 1.75 bits per heavy atom. The van der Waals surface area contributed by atoms with Gasteiger partial charge < -0.3 is 9.80 Å². The van der Waals surface area contributed by atoms with Gasteiger partial charge in [0, 0.05) is 31.0 Å². The van der Waals surface area contributed by atoms with Crippen molar-refractivity contribution in [3.8, 4) is 0 Å². The molecule has 188 valence electrons. The van der Waals surface area contributed by atoms with Crippen molar-refractivity contribution in [2.75, 3.05) is 16.3 Å². The van der Waals surface area contributed by atoms with Crippen LogP contribution in [0, 0.1) is 5.82 Å². The molecule has 1 fully saturated rings. The summed E-state index contributed by atoms with van der Waals surface area (Å²) >= 11 is 0. The van der Waals surface area contributed by atoms with E-state index in [2.05, 4.69) is 9.88 Å². The van der Waals surface area contributed by atoms with Crippen molar-refractivity contribution < 1.29 is 14.0 Å². The lowest BCUT2D eigenvalue weighted by Crippen LogP contribution is -2.53. The average Bonchev–Trinajstić information content (AvgIpc) is 3.35. The average molecular weight is 489 g/mol. The Morgan fingerprint density at radius 3 is 2.44 bits per heavy atom. The molecule has 0 N–H and O–H groups in total. The van der Waals surface area contributed by atoms with Crippen LogP contribution in [0.4, 0.5) is 15.9 Å². The zero-order valence-electron chi connectivity index (χ0n) is 20.1. The molecule has 0 unspecified atom stereocenters. The van der Waals surface area contributed by atoms with E-state index in [0.29, 0.717) is 12.0 Å². The first-order valence-electron chi connectivity index (χ1n) is 12.2. The number of carbonyl (C=O) groups is 2. The SMILES string of the molecule is C.CC(C)N1C(=O)[C@H]2CCCN2c2nc(CCc3ccc(CC(=O)c4ccc(F)cc4)cc3)ncc21. The highest BCUT2D eigenvalue weighted by Gasteiger charge is 2.42. The van der Waals surface area contributed by atoms with Gasteiger partial charge in [0.1, 0.15) is 23.4 Å². The topological polar surface area (TPSA) is 66.4 Å². The fourth-order valence-corrected chi connectivity index (χ4v) is 5.00.